The van der Waals surface area contributed by atoms with Crippen molar-refractivity contribution in [1.29, 1.82) is 0 Å². The van der Waals surface area contributed by atoms with Crippen LogP contribution in [0.25, 0.3) is 11.0 Å². The van der Waals surface area contributed by atoms with Gasteiger partial charge in [0.25, 0.3) is 0 Å². The van der Waals surface area contributed by atoms with E-state index in [9.17, 15) is 4.79 Å². The van der Waals surface area contributed by atoms with E-state index in [-0.39, 0.29) is 18.8 Å². The van der Waals surface area contributed by atoms with Crippen molar-refractivity contribution in [2.45, 2.75) is 19.4 Å². The zero-order valence-corrected chi connectivity index (χ0v) is 11.7. The molecule has 0 spiro atoms. The lowest BCUT2D eigenvalue weighted by molar-refractivity contribution is -0.137. The van der Waals surface area contributed by atoms with Gasteiger partial charge in [0, 0.05) is 11.8 Å². The molecule has 1 heterocycles. The Bertz CT molecular complexity index is 505. The number of rotatable bonds is 6. The number of nitrogens with zero attached hydrogens (tertiary/aromatic N) is 1. The molecule has 19 heavy (non-hydrogen) atoms. The minimum Gasteiger partial charge on any atom is -0.481 e. The van der Waals surface area contributed by atoms with Crippen molar-refractivity contribution in [2.75, 3.05) is 13.6 Å². The largest absolute Gasteiger partial charge is 0.481 e. The molecule has 0 aliphatic carbocycles. The summed E-state index contributed by atoms with van der Waals surface area (Å²) in [5.74, 6) is 0.168. The molecule has 1 aromatic heterocycles. The van der Waals surface area contributed by atoms with E-state index in [0.717, 1.165) is 23.3 Å². The summed E-state index contributed by atoms with van der Waals surface area (Å²) in [7, 11) is 1.97. The van der Waals surface area contributed by atoms with Crippen molar-refractivity contribution in [3.05, 3.63) is 36.1 Å². The van der Waals surface area contributed by atoms with Gasteiger partial charge in [-0.3, -0.25) is 9.69 Å². The lowest BCUT2D eigenvalue weighted by atomic mass is 10.2. The highest BCUT2D eigenvalue weighted by molar-refractivity contribution is 5.85. The van der Waals surface area contributed by atoms with E-state index in [1.54, 1.807) is 0 Å². The predicted molar refractivity (Wildman–Crippen MR) is 76.7 cm³/mol. The van der Waals surface area contributed by atoms with Gasteiger partial charge in [0.1, 0.15) is 11.3 Å². The number of carbonyl (C=O) groups is 1. The van der Waals surface area contributed by atoms with Crippen LogP contribution in [0.5, 0.6) is 0 Å². The van der Waals surface area contributed by atoms with Crippen LogP contribution in [-0.2, 0) is 11.3 Å². The number of fused-ring (bicyclic) bond motifs is 1. The van der Waals surface area contributed by atoms with Gasteiger partial charge in [-0.15, -0.1) is 12.4 Å². The molecular formula is C14H18ClNO3. The topological polar surface area (TPSA) is 53.7 Å². The number of halogens is 1. The minimum atomic E-state index is -0.743. The van der Waals surface area contributed by atoms with Crippen molar-refractivity contribution in [2.24, 2.45) is 0 Å². The smallest absolute Gasteiger partial charge is 0.303 e. The molecule has 0 unspecified atom stereocenters. The summed E-state index contributed by atoms with van der Waals surface area (Å²) < 4.78 is 5.71. The highest BCUT2D eigenvalue weighted by atomic mass is 35.5. The summed E-state index contributed by atoms with van der Waals surface area (Å²) in [6, 6.07) is 9.93. The van der Waals surface area contributed by atoms with Crippen LogP contribution in [-0.4, -0.2) is 29.6 Å². The summed E-state index contributed by atoms with van der Waals surface area (Å²) in [6.45, 7) is 1.46. The van der Waals surface area contributed by atoms with E-state index < -0.39 is 5.97 Å². The molecule has 0 atom stereocenters. The molecular weight excluding hydrogens is 266 g/mol. The molecule has 0 aliphatic heterocycles. The third kappa shape index (κ3) is 4.58. The maximum Gasteiger partial charge on any atom is 0.303 e. The number of hydrogen-bond donors (Lipinski definition) is 1. The predicted octanol–water partition coefficient (Wildman–Crippen LogP) is 3.15. The molecule has 5 heteroatoms. The van der Waals surface area contributed by atoms with Gasteiger partial charge in [-0.25, -0.2) is 0 Å². The van der Waals surface area contributed by atoms with E-state index in [4.69, 9.17) is 9.52 Å². The number of aliphatic carboxylic acids is 1. The monoisotopic (exact) mass is 283 g/mol. The van der Waals surface area contributed by atoms with Gasteiger partial charge < -0.3 is 9.52 Å². The van der Waals surface area contributed by atoms with Crippen molar-refractivity contribution < 1.29 is 14.3 Å². The maximum atomic E-state index is 10.4. The SMILES string of the molecule is CN(CCCC(=O)O)Cc1cc2ccccc2o1.Cl. The molecule has 0 radical (unpaired) electrons. The molecule has 0 bridgehead atoms. The van der Waals surface area contributed by atoms with Crippen LogP contribution in [0.4, 0.5) is 0 Å². The molecule has 4 nitrogen and oxygen atoms in total. The van der Waals surface area contributed by atoms with Crippen molar-refractivity contribution >= 4 is 29.3 Å². The molecule has 2 aromatic rings. The number of carboxylic acids is 1. The third-order valence-electron chi connectivity index (χ3n) is 2.83. The summed E-state index contributed by atoms with van der Waals surface area (Å²) in [5.41, 5.74) is 0.895. The zero-order valence-electron chi connectivity index (χ0n) is 10.8. The molecule has 104 valence electrons. The summed E-state index contributed by atoms with van der Waals surface area (Å²) in [5, 5.41) is 9.68. The Labute approximate surface area is 118 Å². The molecule has 0 saturated carbocycles. The van der Waals surface area contributed by atoms with Crippen molar-refractivity contribution in [1.82, 2.24) is 4.90 Å². The van der Waals surface area contributed by atoms with Crippen LogP contribution >= 0.6 is 12.4 Å². The average molecular weight is 284 g/mol. The summed E-state index contributed by atoms with van der Waals surface area (Å²) in [4.78, 5) is 12.5. The zero-order chi connectivity index (χ0) is 13.0. The Hall–Kier alpha value is -1.52. The van der Waals surface area contributed by atoms with Crippen LogP contribution in [0.2, 0.25) is 0 Å². The van der Waals surface area contributed by atoms with Crippen molar-refractivity contribution in [3.63, 3.8) is 0 Å². The second kappa shape index (κ2) is 7.16. The Morgan fingerprint density at radius 3 is 2.79 bits per heavy atom. The lowest BCUT2D eigenvalue weighted by Crippen LogP contribution is -2.19. The molecule has 0 amide bonds. The van der Waals surface area contributed by atoms with E-state index in [1.165, 1.54) is 0 Å². The fraction of sp³-hybridized carbons (Fsp3) is 0.357. The molecule has 2 rings (SSSR count). The fourth-order valence-corrected chi connectivity index (χ4v) is 1.96. The molecule has 1 aromatic carbocycles. The Morgan fingerprint density at radius 1 is 1.37 bits per heavy atom. The van der Waals surface area contributed by atoms with E-state index >= 15 is 0 Å². The van der Waals surface area contributed by atoms with Crippen LogP contribution in [0.3, 0.4) is 0 Å². The number of furan rings is 1. The molecule has 1 N–H and O–H groups in total. The lowest BCUT2D eigenvalue weighted by Gasteiger charge is -2.13. The minimum absolute atomic E-state index is 0. The van der Waals surface area contributed by atoms with Gasteiger partial charge in [-0.05, 0) is 32.1 Å². The van der Waals surface area contributed by atoms with Crippen molar-refractivity contribution in [3.8, 4) is 0 Å². The second-order valence-corrected chi connectivity index (χ2v) is 4.49. The standard InChI is InChI=1S/C14H17NO3.ClH/c1-15(8-4-7-14(16)17)10-12-9-11-5-2-3-6-13(11)18-12;/h2-3,5-6,9H,4,7-8,10H2,1H3,(H,16,17);1H. The third-order valence-corrected chi connectivity index (χ3v) is 2.83. The number of para-hydroxylation sites is 1. The Morgan fingerprint density at radius 2 is 2.11 bits per heavy atom. The van der Waals surface area contributed by atoms with Gasteiger partial charge in [0.15, 0.2) is 0 Å². The van der Waals surface area contributed by atoms with E-state index in [2.05, 4.69) is 4.90 Å². The van der Waals surface area contributed by atoms with Crippen LogP contribution in [0, 0.1) is 0 Å². The van der Waals surface area contributed by atoms with E-state index in [1.807, 2.05) is 37.4 Å². The summed E-state index contributed by atoms with van der Waals surface area (Å²) >= 11 is 0. The van der Waals surface area contributed by atoms with Gasteiger partial charge in [0.05, 0.1) is 6.54 Å². The normalized spacial score (nSPS) is 10.6. The number of benzene rings is 1. The second-order valence-electron chi connectivity index (χ2n) is 4.49. The highest BCUT2D eigenvalue weighted by Crippen LogP contribution is 2.19. The molecule has 0 fully saturated rings. The Balaban J connectivity index is 0.00000180. The van der Waals surface area contributed by atoms with Gasteiger partial charge in [-0.2, -0.15) is 0 Å². The van der Waals surface area contributed by atoms with E-state index in [0.29, 0.717) is 13.0 Å². The maximum absolute atomic E-state index is 10.4. The molecule has 0 aliphatic rings. The first-order valence-electron chi connectivity index (χ1n) is 6.03. The number of hydrogen-bond acceptors (Lipinski definition) is 3. The fourth-order valence-electron chi connectivity index (χ4n) is 1.96. The Kier molecular flexibility index (Phi) is 5.86. The quantitative estimate of drug-likeness (QED) is 0.885. The first-order valence-corrected chi connectivity index (χ1v) is 6.03. The highest BCUT2D eigenvalue weighted by Gasteiger charge is 2.07. The van der Waals surface area contributed by atoms with Gasteiger partial charge in [0.2, 0.25) is 0 Å². The van der Waals surface area contributed by atoms with Gasteiger partial charge >= 0.3 is 5.97 Å². The summed E-state index contributed by atoms with van der Waals surface area (Å²) in [6.07, 6.45) is 0.872. The van der Waals surface area contributed by atoms with Crippen LogP contribution in [0.15, 0.2) is 34.7 Å². The first kappa shape index (κ1) is 15.5. The van der Waals surface area contributed by atoms with Gasteiger partial charge in [-0.1, -0.05) is 18.2 Å². The first-order chi connectivity index (χ1) is 8.65. The van der Waals surface area contributed by atoms with Crippen LogP contribution < -0.4 is 0 Å². The van der Waals surface area contributed by atoms with Crippen LogP contribution in [0.1, 0.15) is 18.6 Å². The molecule has 0 saturated heterocycles. The average Bonchev–Trinajstić information content (AvgIpc) is 2.70. The number of carboxylic acid groups (broad SMARTS) is 1.